The zero-order chi connectivity index (χ0) is 16.4. The fourth-order valence-corrected chi connectivity index (χ4v) is 2.86. The Labute approximate surface area is 140 Å². The standard InChI is InChI=1S/C16H12ClFN2O2S/c1-9-12(20-16(22-9)14-3-2-6-23-14)8-15(21)19-13-7-10(17)4-5-11(13)18/h2-7H,8H2,1H3,(H,19,21). The number of aryl methyl sites for hydroxylation is 1. The number of oxazole rings is 1. The van der Waals surface area contributed by atoms with E-state index in [1.54, 1.807) is 6.92 Å². The molecule has 3 aromatic rings. The molecule has 0 saturated heterocycles. The van der Waals surface area contributed by atoms with Gasteiger partial charge in [-0.15, -0.1) is 11.3 Å². The Hall–Kier alpha value is -2.18. The maximum Gasteiger partial charge on any atom is 0.236 e. The minimum atomic E-state index is -0.543. The summed E-state index contributed by atoms with van der Waals surface area (Å²) < 4.78 is 19.2. The quantitative estimate of drug-likeness (QED) is 0.743. The van der Waals surface area contributed by atoms with Crippen molar-refractivity contribution in [2.75, 3.05) is 5.32 Å². The first-order valence-corrected chi connectivity index (χ1v) is 8.04. The first-order chi connectivity index (χ1) is 11.0. The Morgan fingerprint density at radius 3 is 3.00 bits per heavy atom. The molecule has 0 aliphatic rings. The van der Waals surface area contributed by atoms with E-state index in [1.165, 1.54) is 29.5 Å². The van der Waals surface area contributed by atoms with Crippen molar-refractivity contribution in [1.82, 2.24) is 4.98 Å². The highest BCUT2D eigenvalue weighted by Gasteiger charge is 2.16. The molecule has 7 heteroatoms. The Balaban J connectivity index is 1.74. The second-order valence-electron chi connectivity index (χ2n) is 4.85. The lowest BCUT2D eigenvalue weighted by Crippen LogP contribution is -2.16. The number of carbonyl (C=O) groups excluding carboxylic acids is 1. The topological polar surface area (TPSA) is 55.1 Å². The Morgan fingerprint density at radius 2 is 2.26 bits per heavy atom. The Morgan fingerprint density at radius 1 is 1.43 bits per heavy atom. The molecule has 0 saturated carbocycles. The molecule has 0 radical (unpaired) electrons. The first-order valence-electron chi connectivity index (χ1n) is 6.78. The fraction of sp³-hybridized carbons (Fsp3) is 0.125. The minimum absolute atomic E-state index is 0.00728. The summed E-state index contributed by atoms with van der Waals surface area (Å²) in [6, 6.07) is 7.77. The highest BCUT2D eigenvalue weighted by atomic mass is 35.5. The highest BCUT2D eigenvalue weighted by molar-refractivity contribution is 7.13. The molecule has 23 heavy (non-hydrogen) atoms. The number of carbonyl (C=O) groups is 1. The predicted octanol–water partition coefficient (Wildman–Crippen LogP) is 4.69. The van der Waals surface area contributed by atoms with Crippen molar-refractivity contribution in [2.45, 2.75) is 13.3 Å². The van der Waals surface area contributed by atoms with Crippen LogP contribution in [0.4, 0.5) is 10.1 Å². The monoisotopic (exact) mass is 350 g/mol. The van der Waals surface area contributed by atoms with Crippen LogP contribution in [0.2, 0.25) is 5.02 Å². The molecular weight excluding hydrogens is 339 g/mol. The molecule has 0 aliphatic heterocycles. The summed E-state index contributed by atoms with van der Waals surface area (Å²) in [7, 11) is 0. The molecule has 118 valence electrons. The maximum absolute atomic E-state index is 13.6. The molecule has 0 spiro atoms. The number of amides is 1. The van der Waals surface area contributed by atoms with Gasteiger partial charge in [0, 0.05) is 5.02 Å². The molecule has 2 aromatic heterocycles. The van der Waals surface area contributed by atoms with E-state index in [2.05, 4.69) is 10.3 Å². The van der Waals surface area contributed by atoms with Crippen LogP contribution in [0.5, 0.6) is 0 Å². The lowest BCUT2D eigenvalue weighted by Gasteiger charge is -2.06. The van der Waals surface area contributed by atoms with E-state index in [4.69, 9.17) is 16.0 Å². The van der Waals surface area contributed by atoms with Crippen LogP contribution in [-0.2, 0) is 11.2 Å². The van der Waals surface area contributed by atoms with E-state index in [1.807, 2.05) is 17.5 Å². The van der Waals surface area contributed by atoms with Crippen LogP contribution in [0.1, 0.15) is 11.5 Å². The number of benzene rings is 1. The van der Waals surface area contributed by atoms with Crippen LogP contribution >= 0.6 is 22.9 Å². The predicted molar refractivity (Wildman–Crippen MR) is 88.3 cm³/mol. The number of halogens is 2. The molecule has 3 rings (SSSR count). The smallest absolute Gasteiger partial charge is 0.236 e. The third-order valence-electron chi connectivity index (χ3n) is 3.16. The summed E-state index contributed by atoms with van der Waals surface area (Å²) >= 11 is 7.30. The van der Waals surface area contributed by atoms with Gasteiger partial charge in [-0.3, -0.25) is 4.79 Å². The van der Waals surface area contributed by atoms with Gasteiger partial charge in [0.2, 0.25) is 11.8 Å². The number of thiophene rings is 1. The molecule has 1 N–H and O–H groups in total. The van der Waals surface area contributed by atoms with Gasteiger partial charge in [0.1, 0.15) is 11.6 Å². The number of hydrogen-bond donors (Lipinski definition) is 1. The van der Waals surface area contributed by atoms with Gasteiger partial charge in [0.05, 0.1) is 22.7 Å². The van der Waals surface area contributed by atoms with Crippen LogP contribution < -0.4 is 5.32 Å². The van der Waals surface area contributed by atoms with Crippen LogP contribution in [0.25, 0.3) is 10.8 Å². The van der Waals surface area contributed by atoms with Crippen molar-refractivity contribution < 1.29 is 13.6 Å². The molecule has 2 heterocycles. The summed E-state index contributed by atoms with van der Waals surface area (Å²) in [5.74, 6) is 0.114. The molecular formula is C16H12ClFN2O2S. The van der Waals surface area contributed by atoms with Gasteiger partial charge >= 0.3 is 0 Å². The third kappa shape index (κ3) is 3.60. The third-order valence-corrected chi connectivity index (χ3v) is 4.25. The van der Waals surface area contributed by atoms with E-state index in [0.717, 1.165) is 4.88 Å². The van der Waals surface area contributed by atoms with Crippen molar-refractivity contribution in [2.24, 2.45) is 0 Å². The number of nitrogens with zero attached hydrogens (tertiary/aromatic N) is 1. The Bertz CT molecular complexity index is 846. The van der Waals surface area contributed by atoms with Crippen LogP contribution in [0, 0.1) is 12.7 Å². The summed E-state index contributed by atoms with van der Waals surface area (Å²) in [6.07, 6.45) is -0.00728. The van der Waals surface area contributed by atoms with Crippen LogP contribution in [0.15, 0.2) is 40.1 Å². The van der Waals surface area contributed by atoms with Gasteiger partial charge in [-0.05, 0) is 36.6 Å². The van der Waals surface area contributed by atoms with Crippen molar-refractivity contribution in [1.29, 1.82) is 0 Å². The normalized spacial score (nSPS) is 10.7. The molecule has 0 bridgehead atoms. The molecule has 0 aliphatic carbocycles. The van der Waals surface area contributed by atoms with Crippen molar-refractivity contribution >= 4 is 34.5 Å². The zero-order valence-electron chi connectivity index (χ0n) is 12.1. The fourth-order valence-electron chi connectivity index (χ4n) is 2.04. The average molecular weight is 351 g/mol. The number of aromatic nitrogens is 1. The largest absolute Gasteiger partial charge is 0.440 e. The highest BCUT2D eigenvalue weighted by Crippen LogP contribution is 2.26. The van der Waals surface area contributed by atoms with E-state index in [0.29, 0.717) is 22.4 Å². The van der Waals surface area contributed by atoms with E-state index < -0.39 is 5.82 Å². The van der Waals surface area contributed by atoms with Crippen molar-refractivity contribution in [3.63, 3.8) is 0 Å². The molecule has 0 fully saturated rings. The van der Waals surface area contributed by atoms with Gasteiger partial charge in [0.15, 0.2) is 0 Å². The Kier molecular flexibility index (Phi) is 4.45. The number of anilines is 1. The van der Waals surface area contributed by atoms with Gasteiger partial charge < -0.3 is 9.73 Å². The SMILES string of the molecule is Cc1oc(-c2cccs2)nc1CC(=O)Nc1cc(Cl)ccc1F. The zero-order valence-corrected chi connectivity index (χ0v) is 13.7. The van der Waals surface area contributed by atoms with E-state index >= 15 is 0 Å². The summed E-state index contributed by atoms with van der Waals surface area (Å²) in [5, 5.41) is 4.76. The summed E-state index contributed by atoms with van der Waals surface area (Å²) in [5.41, 5.74) is 0.565. The van der Waals surface area contributed by atoms with E-state index in [9.17, 15) is 9.18 Å². The molecule has 1 aromatic carbocycles. The van der Waals surface area contributed by atoms with Crippen LogP contribution in [0.3, 0.4) is 0 Å². The van der Waals surface area contributed by atoms with Crippen molar-refractivity contribution in [3.05, 3.63) is 58.0 Å². The van der Waals surface area contributed by atoms with Crippen LogP contribution in [-0.4, -0.2) is 10.9 Å². The number of nitrogens with one attached hydrogen (secondary N) is 1. The van der Waals surface area contributed by atoms with Gasteiger partial charge in [-0.1, -0.05) is 17.7 Å². The molecule has 1 amide bonds. The maximum atomic E-state index is 13.6. The van der Waals surface area contributed by atoms with Gasteiger partial charge in [-0.25, -0.2) is 9.37 Å². The molecule has 4 nitrogen and oxygen atoms in total. The second kappa shape index (κ2) is 6.52. The first kappa shape index (κ1) is 15.7. The summed E-state index contributed by atoms with van der Waals surface area (Å²) in [6.45, 7) is 1.74. The molecule has 0 unspecified atom stereocenters. The number of hydrogen-bond acceptors (Lipinski definition) is 4. The lowest BCUT2D eigenvalue weighted by atomic mass is 10.2. The summed E-state index contributed by atoms with van der Waals surface area (Å²) in [4.78, 5) is 17.3. The second-order valence-corrected chi connectivity index (χ2v) is 6.23. The van der Waals surface area contributed by atoms with Crippen molar-refractivity contribution in [3.8, 4) is 10.8 Å². The minimum Gasteiger partial charge on any atom is -0.440 e. The molecule has 0 atom stereocenters. The van der Waals surface area contributed by atoms with E-state index in [-0.39, 0.29) is 18.0 Å². The lowest BCUT2D eigenvalue weighted by molar-refractivity contribution is -0.115. The van der Waals surface area contributed by atoms with Gasteiger partial charge in [0.25, 0.3) is 0 Å². The van der Waals surface area contributed by atoms with Gasteiger partial charge in [-0.2, -0.15) is 0 Å². The average Bonchev–Trinajstić information content (AvgIpc) is 3.13. The number of rotatable bonds is 4.